The number of ether oxygens (including phenoxy) is 1. The van der Waals surface area contributed by atoms with E-state index in [-0.39, 0.29) is 0 Å². The van der Waals surface area contributed by atoms with Crippen LogP contribution in [-0.4, -0.2) is 10.1 Å². The van der Waals surface area contributed by atoms with Gasteiger partial charge in [-0.15, -0.1) is 0 Å². The topological polar surface area (TPSA) is 74.2 Å². The summed E-state index contributed by atoms with van der Waals surface area (Å²) >= 11 is 0. The third-order valence-corrected chi connectivity index (χ3v) is 2.57. The third kappa shape index (κ3) is 2.62. The zero-order valence-electron chi connectivity index (χ0n) is 9.93. The average Bonchev–Trinajstić information content (AvgIpc) is 2.67. The fraction of sp³-hybridized carbons (Fsp3) is 0.333. The molecule has 2 rings (SSSR count). The lowest BCUT2D eigenvalue weighted by molar-refractivity contribution is 0.300. The number of nitrogens with zero attached hydrogens (tertiary/aromatic N) is 2. The summed E-state index contributed by atoms with van der Waals surface area (Å²) in [7, 11) is 0. The van der Waals surface area contributed by atoms with Crippen molar-refractivity contribution in [3.05, 3.63) is 41.0 Å². The molecule has 0 atom stereocenters. The normalized spacial score (nSPS) is 10.5. The first-order valence-corrected chi connectivity index (χ1v) is 5.40. The molecule has 0 radical (unpaired) electrons. The number of aryl methyl sites for hydroxylation is 2. The summed E-state index contributed by atoms with van der Waals surface area (Å²) in [6, 6.07) is 3.70. The van der Waals surface area contributed by atoms with Crippen molar-refractivity contribution in [3.63, 3.8) is 0 Å². The lowest BCUT2D eigenvalue weighted by Crippen LogP contribution is -2.01. The summed E-state index contributed by atoms with van der Waals surface area (Å²) < 4.78 is 10.7. The summed E-state index contributed by atoms with van der Waals surface area (Å²) in [5, 5.41) is 3.87. The van der Waals surface area contributed by atoms with Crippen LogP contribution in [-0.2, 0) is 13.2 Å². The second-order valence-corrected chi connectivity index (χ2v) is 3.78. The number of aromatic nitrogens is 2. The Labute approximate surface area is 99.6 Å². The van der Waals surface area contributed by atoms with Gasteiger partial charge in [0.2, 0.25) is 0 Å². The van der Waals surface area contributed by atoms with Crippen LogP contribution in [0, 0.1) is 13.8 Å². The fourth-order valence-corrected chi connectivity index (χ4v) is 1.48. The minimum absolute atomic E-state index is 0.435. The molecule has 0 spiro atoms. The van der Waals surface area contributed by atoms with Gasteiger partial charge in [0.15, 0.2) is 0 Å². The van der Waals surface area contributed by atoms with Crippen molar-refractivity contribution in [3.8, 4) is 5.75 Å². The van der Waals surface area contributed by atoms with E-state index in [0.29, 0.717) is 18.9 Å². The van der Waals surface area contributed by atoms with Gasteiger partial charge in [0.05, 0.1) is 23.1 Å². The smallest absolute Gasteiger partial charge is 0.140 e. The Morgan fingerprint density at radius 3 is 2.71 bits per heavy atom. The molecule has 0 aliphatic rings. The van der Waals surface area contributed by atoms with Crippen LogP contribution in [0.2, 0.25) is 0 Å². The summed E-state index contributed by atoms with van der Waals surface area (Å²) in [5.41, 5.74) is 8.14. The Bertz CT molecular complexity index is 471. The number of hydrogen-bond acceptors (Lipinski definition) is 5. The van der Waals surface area contributed by atoms with Gasteiger partial charge in [-0.3, -0.25) is 4.98 Å². The van der Waals surface area contributed by atoms with Crippen molar-refractivity contribution in [2.75, 3.05) is 0 Å². The Morgan fingerprint density at radius 1 is 1.35 bits per heavy atom. The van der Waals surface area contributed by atoms with Crippen LogP contribution in [0.15, 0.2) is 22.9 Å². The van der Waals surface area contributed by atoms with Gasteiger partial charge in [0.1, 0.15) is 18.1 Å². The molecule has 5 nitrogen and oxygen atoms in total. The van der Waals surface area contributed by atoms with E-state index >= 15 is 0 Å². The van der Waals surface area contributed by atoms with Gasteiger partial charge in [-0.25, -0.2) is 0 Å². The van der Waals surface area contributed by atoms with Gasteiger partial charge < -0.3 is 15.0 Å². The van der Waals surface area contributed by atoms with E-state index < -0.39 is 0 Å². The van der Waals surface area contributed by atoms with Gasteiger partial charge in [0, 0.05) is 6.54 Å². The second-order valence-electron chi connectivity index (χ2n) is 3.78. The largest absolute Gasteiger partial charge is 0.487 e. The lowest BCUT2D eigenvalue weighted by Gasteiger charge is -2.05. The molecule has 0 saturated heterocycles. The molecule has 0 aliphatic carbocycles. The van der Waals surface area contributed by atoms with E-state index in [4.69, 9.17) is 15.0 Å². The van der Waals surface area contributed by atoms with E-state index in [9.17, 15) is 0 Å². The maximum atomic E-state index is 5.61. The highest BCUT2D eigenvalue weighted by atomic mass is 16.5. The fourth-order valence-electron chi connectivity index (χ4n) is 1.48. The highest BCUT2D eigenvalue weighted by Crippen LogP contribution is 2.16. The van der Waals surface area contributed by atoms with Gasteiger partial charge >= 0.3 is 0 Å². The van der Waals surface area contributed by atoms with Gasteiger partial charge in [-0.2, -0.15) is 0 Å². The highest BCUT2D eigenvalue weighted by molar-refractivity contribution is 5.23. The van der Waals surface area contributed by atoms with Crippen LogP contribution in [0.3, 0.4) is 0 Å². The molecule has 0 bridgehead atoms. The van der Waals surface area contributed by atoms with Crippen molar-refractivity contribution in [1.82, 2.24) is 10.1 Å². The van der Waals surface area contributed by atoms with Crippen molar-refractivity contribution in [2.24, 2.45) is 5.73 Å². The maximum Gasteiger partial charge on any atom is 0.140 e. The standard InChI is InChI=1S/C12H15N3O2/c1-8-12(9(2)17-15-8)7-16-11-4-3-10(5-13)14-6-11/h3-4,6H,5,7,13H2,1-2H3. The highest BCUT2D eigenvalue weighted by Gasteiger charge is 2.09. The van der Waals surface area contributed by atoms with Crippen molar-refractivity contribution in [2.45, 2.75) is 27.0 Å². The predicted octanol–water partition coefficient (Wildman–Crippen LogP) is 1.72. The van der Waals surface area contributed by atoms with Crippen LogP contribution < -0.4 is 10.5 Å². The first-order chi connectivity index (χ1) is 8.20. The molecule has 0 amide bonds. The molecule has 2 heterocycles. The summed E-state index contributed by atoms with van der Waals surface area (Å²) in [4.78, 5) is 4.15. The van der Waals surface area contributed by atoms with E-state index in [1.165, 1.54) is 0 Å². The zero-order chi connectivity index (χ0) is 12.3. The Kier molecular flexibility index (Phi) is 3.39. The molecule has 2 aromatic heterocycles. The van der Waals surface area contributed by atoms with Crippen LogP contribution in [0.4, 0.5) is 0 Å². The van der Waals surface area contributed by atoms with Gasteiger partial charge in [0.25, 0.3) is 0 Å². The molecule has 2 aromatic rings. The van der Waals surface area contributed by atoms with Crippen LogP contribution >= 0.6 is 0 Å². The van der Waals surface area contributed by atoms with Crippen molar-refractivity contribution < 1.29 is 9.26 Å². The van der Waals surface area contributed by atoms with Gasteiger partial charge in [-0.1, -0.05) is 5.16 Å². The molecular weight excluding hydrogens is 218 g/mol. The first kappa shape index (κ1) is 11.6. The van der Waals surface area contributed by atoms with E-state index in [1.807, 2.05) is 26.0 Å². The third-order valence-electron chi connectivity index (χ3n) is 2.57. The Balaban J connectivity index is 2.02. The monoisotopic (exact) mass is 233 g/mol. The number of nitrogens with two attached hydrogens (primary N) is 1. The molecule has 5 heteroatoms. The molecule has 90 valence electrons. The quantitative estimate of drug-likeness (QED) is 0.870. The SMILES string of the molecule is Cc1noc(C)c1COc1ccc(CN)nc1. The first-order valence-electron chi connectivity index (χ1n) is 5.40. The molecule has 17 heavy (non-hydrogen) atoms. The summed E-state index contributed by atoms with van der Waals surface area (Å²) in [6.07, 6.45) is 1.67. The van der Waals surface area contributed by atoms with E-state index in [0.717, 1.165) is 22.7 Å². The van der Waals surface area contributed by atoms with Crippen LogP contribution in [0.5, 0.6) is 5.75 Å². The van der Waals surface area contributed by atoms with Crippen molar-refractivity contribution in [1.29, 1.82) is 0 Å². The van der Waals surface area contributed by atoms with Crippen LogP contribution in [0.1, 0.15) is 22.7 Å². The molecule has 0 saturated carbocycles. The average molecular weight is 233 g/mol. The molecule has 0 aromatic carbocycles. The second kappa shape index (κ2) is 4.97. The maximum absolute atomic E-state index is 5.61. The Morgan fingerprint density at radius 2 is 2.18 bits per heavy atom. The molecule has 0 unspecified atom stereocenters. The van der Waals surface area contributed by atoms with E-state index in [1.54, 1.807) is 6.20 Å². The summed E-state index contributed by atoms with van der Waals surface area (Å²) in [5.74, 6) is 1.50. The number of rotatable bonds is 4. The zero-order valence-corrected chi connectivity index (χ0v) is 9.93. The number of hydrogen-bond donors (Lipinski definition) is 1. The van der Waals surface area contributed by atoms with Crippen molar-refractivity contribution >= 4 is 0 Å². The van der Waals surface area contributed by atoms with Gasteiger partial charge in [-0.05, 0) is 26.0 Å². The molecule has 2 N–H and O–H groups in total. The molecular formula is C12H15N3O2. The van der Waals surface area contributed by atoms with E-state index in [2.05, 4.69) is 10.1 Å². The summed E-state index contributed by atoms with van der Waals surface area (Å²) in [6.45, 7) is 4.63. The minimum Gasteiger partial charge on any atom is -0.487 e. The minimum atomic E-state index is 0.435. The lowest BCUT2D eigenvalue weighted by atomic mass is 10.2. The number of pyridine rings is 1. The molecule has 0 fully saturated rings. The molecule has 0 aliphatic heterocycles. The van der Waals surface area contributed by atoms with Crippen LogP contribution in [0.25, 0.3) is 0 Å². The Hall–Kier alpha value is -1.88. The predicted molar refractivity (Wildman–Crippen MR) is 62.4 cm³/mol.